The summed E-state index contributed by atoms with van der Waals surface area (Å²) in [4.78, 5) is 0. The van der Waals surface area contributed by atoms with Crippen LogP contribution in [0.4, 0.5) is 0 Å². The van der Waals surface area contributed by atoms with E-state index >= 15 is 0 Å². The zero-order chi connectivity index (χ0) is 24.3. The van der Waals surface area contributed by atoms with Gasteiger partial charge in [-0.3, -0.25) is 16.7 Å². The molecule has 186 valence electrons. The Morgan fingerprint density at radius 1 is 0.657 bits per heavy atom. The molecule has 1 rings (SSSR count). The third-order valence-corrected chi connectivity index (χ3v) is 4.94. The standard InChI is InChI=1S/C9H18O18S4.4Na/c1-2-3-22-9-8(27-31(19,20)21)7(26-30(16,17)18)6(25-29(13,14)15)5(24-9)4-23-28(10,11)12;;;;/h5-9H,2-4H2,1H3,(H,10,11,12)(H,13,14,15)(H,16,17,18)(H,19,20,21);;;;/q;4*+1/p-4/t5-,6-,7+,8+,9+;;;;/m1..../s1. The monoisotopic (exact) mass is 630 g/mol. The van der Waals surface area contributed by atoms with Crippen LogP contribution in [0.5, 0.6) is 0 Å². The number of hydrogen-bond donors (Lipinski definition) is 0. The fourth-order valence-corrected chi connectivity index (χ4v) is 4.04. The Morgan fingerprint density at radius 2 is 1.06 bits per heavy atom. The molecule has 1 aliphatic rings. The molecule has 26 heteroatoms. The molecule has 0 N–H and O–H groups in total. The first kappa shape index (κ1) is 45.4. The van der Waals surface area contributed by atoms with E-state index in [1.807, 2.05) is 0 Å². The van der Waals surface area contributed by atoms with E-state index in [0.29, 0.717) is 0 Å². The van der Waals surface area contributed by atoms with Gasteiger partial charge in [0.1, 0.15) is 18.3 Å². The van der Waals surface area contributed by atoms with E-state index < -0.39 is 78.9 Å². The predicted octanol–water partition coefficient (Wildman–Crippen LogP) is -15.8. The first-order chi connectivity index (χ1) is 13.8. The van der Waals surface area contributed by atoms with Crippen LogP contribution in [0.15, 0.2) is 0 Å². The fraction of sp³-hybridized carbons (Fsp3) is 1.00. The third kappa shape index (κ3) is 20.0. The molecule has 1 saturated heterocycles. The van der Waals surface area contributed by atoms with Crippen molar-refractivity contribution in [1.82, 2.24) is 0 Å². The summed E-state index contributed by atoms with van der Waals surface area (Å²) in [6.45, 7) is -0.244. The van der Waals surface area contributed by atoms with Gasteiger partial charge < -0.3 is 27.7 Å². The second-order valence-electron chi connectivity index (χ2n) is 5.51. The zero-order valence-corrected chi connectivity index (χ0v) is 30.3. The first-order valence-electron chi connectivity index (χ1n) is 7.61. The van der Waals surface area contributed by atoms with Gasteiger partial charge >= 0.3 is 118 Å². The van der Waals surface area contributed by atoms with Crippen molar-refractivity contribution >= 4 is 41.6 Å². The smallest absolute Gasteiger partial charge is 0.726 e. The van der Waals surface area contributed by atoms with Crippen molar-refractivity contribution in [2.45, 2.75) is 44.1 Å². The van der Waals surface area contributed by atoms with Gasteiger partial charge in [-0.25, -0.2) is 33.7 Å². The molecule has 0 aliphatic carbocycles. The van der Waals surface area contributed by atoms with E-state index in [9.17, 15) is 51.9 Å². The van der Waals surface area contributed by atoms with Crippen LogP contribution in [-0.4, -0.2) is 95.8 Å². The van der Waals surface area contributed by atoms with Gasteiger partial charge in [0.05, 0.1) is 6.61 Å². The summed E-state index contributed by atoms with van der Waals surface area (Å²) >= 11 is 0. The van der Waals surface area contributed by atoms with E-state index in [1.165, 1.54) is 6.92 Å². The quantitative estimate of drug-likeness (QED) is 0.110. The molecule has 0 saturated carbocycles. The summed E-state index contributed by atoms with van der Waals surface area (Å²) in [7, 11) is -22.9. The SMILES string of the molecule is CCCO[C@H]1O[C@H](COS(=O)(=O)[O-])[C@@H](OS(=O)(=O)[O-])[C@H](OS(=O)(=O)[O-])[C@@H]1OS(=O)(=O)[O-].[Na+].[Na+].[Na+].[Na+]. The number of hydrogen-bond acceptors (Lipinski definition) is 18. The topological polar surface area (TPSA) is 284 Å². The van der Waals surface area contributed by atoms with Gasteiger partial charge in [0.25, 0.3) is 0 Å². The Labute approximate surface area is 290 Å². The van der Waals surface area contributed by atoms with Crippen molar-refractivity contribution < 1.29 is 196 Å². The Balaban J connectivity index is -0.00000120. The maximum Gasteiger partial charge on any atom is 1.00 e. The Bertz CT molecular complexity index is 1030. The molecule has 18 nitrogen and oxygen atoms in total. The summed E-state index contributed by atoms with van der Waals surface area (Å²) in [6.07, 6.45) is -12.1. The van der Waals surface area contributed by atoms with Crippen molar-refractivity contribution in [2.75, 3.05) is 13.2 Å². The van der Waals surface area contributed by atoms with Crippen LogP contribution in [0.3, 0.4) is 0 Å². The molecule has 1 fully saturated rings. The first-order valence-corrected chi connectivity index (χ1v) is 12.9. The molecule has 0 aromatic rings. The van der Waals surface area contributed by atoms with Gasteiger partial charge in [-0.2, -0.15) is 0 Å². The molecule has 0 aromatic heterocycles. The van der Waals surface area contributed by atoms with Gasteiger partial charge in [-0.1, -0.05) is 6.92 Å². The summed E-state index contributed by atoms with van der Waals surface area (Å²) in [5, 5.41) is 0. The van der Waals surface area contributed by atoms with Crippen molar-refractivity contribution in [3.8, 4) is 0 Å². The molecule has 1 aliphatic heterocycles. The predicted molar refractivity (Wildman–Crippen MR) is 84.3 cm³/mol. The fourth-order valence-electron chi connectivity index (χ4n) is 2.27. The molecule has 0 radical (unpaired) electrons. The normalized spacial score (nSPS) is 25.2. The van der Waals surface area contributed by atoms with Gasteiger partial charge in [-0.15, -0.1) is 0 Å². The Hall–Kier alpha value is 3.40. The molecular weight excluding hydrogens is 616 g/mol. The maximum atomic E-state index is 11.1. The van der Waals surface area contributed by atoms with Crippen LogP contribution < -0.4 is 118 Å². The third-order valence-electron chi connectivity index (χ3n) is 3.14. The summed E-state index contributed by atoms with van der Waals surface area (Å²) in [6, 6.07) is 0. The second-order valence-corrected chi connectivity index (χ2v) is 9.59. The summed E-state index contributed by atoms with van der Waals surface area (Å²) in [5.41, 5.74) is 0. The zero-order valence-electron chi connectivity index (χ0n) is 19.0. The van der Waals surface area contributed by atoms with Gasteiger partial charge in [0.2, 0.25) is 41.6 Å². The van der Waals surface area contributed by atoms with Crippen molar-refractivity contribution in [1.29, 1.82) is 0 Å². The molecule has 0 amide bonds. The van der Waals surface area contributed by atoms with E-state index in [1.54, 1.807) is 0 Å². The van der Waals surface area contributed by atoms with E-state index in [4.69, 9.17) is 9.47 Å². The van der Waals surface area contributed by atoms with Crippen LogP contribution in [-0.2, 0) is 67.8 Å². The molecule has 5 atom stereocenters. The summed E-state index contributed by atoms with van der Waals surface area (Å²) < 4.78 is 157. The van der Waals surface area contributed by atoms with Gasteiger partial charge in [-0.05, 0) is 6.42 Å². The molecule has 0 aromatic carbocycles. The molecular formula is C9H14Na4O18S4. The van der Waals surface area contributed by atoms with Crippen LogP contribution in [0.2, 0.25) is 0 Å². The van der Waals surface area contributed by atoms with Crippen LogP contribution in [0.25, 0.3) is 0 Å². The summed E-state index contributed by atoms with van der Waals surface area (Å²) in [5.74, 6) is 0. The maximum absolute atomic E-state index is 11.1. The largest absolute Gasteiger partial charge is 1.00 e. The van der Waals surface area contributed by atoms with Crippen molar-refractivity contribution in [3.63, 3.8) is 0 Å². The minimum absolute atomic E-state index is 0. The van der Waals surface area contributed by atoms with Crippen LogP contribution >= 0.6 is 0 Å². The van der Waals surface area contributed by atoms with Crippen LogP contribution in [0, 0.1) is 0 Å². The number of rotatable bonds is 12. The molecule has 0 spiro atoms. The average molecular weight is 630 g/mol. The van der Waals surface area contributed by atoms with Crippen LogP contribution in [0.1, 0.15) is 13.3 Å². The average Bonchev–Trinajstić information content (AvgIpc) is 2.51. The van der Waals surface area contributed by atoms with E-state index in [-0.39, 0.29) is 131 Å². The van der Waals surface area contributed by atoms with Gasteiger partial charge in [0, 0.05) is 6.61 Å². The molecule has 0 unspecified atom stereocenters. The van der Waals surface area contributed by atoms with Gasteiger partial charge in [0.15, 0.2) is 12.4 Å². The van der Waals surface area contributed by atoms with E-state index in [2.05, 4.69) is 16.7 Å². The molecule has 1 heterocycles. The minimum Gasteiger partial charge on any atom is -0.726 e. The Morgan fingerprint density at radius 3 is 1.43 bits per heavy atom. The molecule has 0 bridgehead atoms. The molecule has 35 heavy (non-hydrogen) atoms. The Kier molecular flexibility index (Phi) is 24.3. The van der Waals surface area contributed by atoms with E-state index in [0.717, 1.165) is 0 Å². The minimum atomic E-state index is -5.85. The second kappa shape index (κ2) is 18.8. The van der Waals surface area contributed by atoms with Crippen molar-refractivity contribution in [3.05, 3.63) is 0 Å². The van der Waals surface area contributed by atoms with Crippen molar-refractivity contribution in [2.24, 2.45) is 0 Å². The number of ether oxygens (including phenoxy) is 2.